The standard InChI is InChI=1S/C22H40N2O3/c1-4-6-8-9-10-11-12-13-14-16-18-23-22(27)21(19(3)25)24-20(26)17-15-7-5-2/h5,7,15,17,19,21,25H,4,6,8-14,16,18H2,1-3H3,(H,23,27)(H,24,26)/b7-5+,17-15+/t19-,21+/m1/s1. The molecule has 0 aromatic carbocycles. The Kier molecular flexibility index (Phi) is 16.7. The Morgan fingerprint density at radius 2 is 1.48 bits per heavy atom. The molecule has 27 heavy (non-hydrogen) atoms. The van der Waals surface area contributed by atoms with Crippen molar-refractivity contribution >= 4 is 11.8 Å². The number of rotatable bonds is 16. The zero-order valence-corrected chi connectivity index (χ0v) is 17.5. The van der Waals surface area contributed by atoms with Gasteiger partial charge in [0.2, 0.25) is 11.8 Å². The van der Waals surface area contributed by atoms with E-state index < -0.39 is 18.1 Å². The number of amides is 2. The predicted molar refractivity (Wildman–Crippen MR) is 112 cm³/mol. The lowest BCUT2D eigenvalue weighted by molar-refractivity contribution is -0.129. The molecule has 0 spiro atoms. The van der Waals surface area contributed by atoms with E-state index in [4.69, 9.17) is 0 Å². The maximum atomic E-state index is 12.2. The Morgan fingerprint density at radius 3 is 2.00 bits per heavy atom. The molecule has 0 rings (SSSR count). The fourth-order valence-corrected chi connectivity index (χ4v) is 2.79. The van der Waals surface area contributed by atoms with Gasteiger partial charge in [-0.2, -0.15) is 0 Å². The highest BCUT2D eigenvalue weighted by molar-refractivity contribution is 5.93. The molecule has 0 aliphatic rings. The molecule has 0 aliphatic carbocycles. The number of carbonyl (C=O) groups excluding carboxylic acids is 2. The van der Waals surface area contributed by atoms with Gasteiger partial charge in [-0.15, -0.1) is 0 Å². The van der Waals surface area contributed by atoms with E-state index in [9.17, 15) is 14.7 Å². The minimum absolute atomic E-state index is 0.339. The van der Waals surface area contributed by atoms with E-state index in [0.29, 0.717) is 6.54 Å². The molecule has 0 heterocycles. The number of hydrogen-bond donors (Lipinski definition) is 3. The first kappa shape index (κ1) is 25.4. The van der Waals surface area contributed by atoms with E-state index in [1.165, 1.54) is 64.4 Å². The number of carbonyl (C=O) groups is 2. The van der Waals surface area contributed by atoms with E-state index in [2.05, 4.69) is 17.6 Å². The summed E-state index contributed by atoms with van der Waals surface area (Å²) in [6.45, 7) is 6.16. The minimum atomic E-state index is -0.947. The highest BCUT2D eigenvalue weighted by Gasteiger charge is 2.24. The Hall–Kier alpha value is -1.62. The lowest BCUT2D eigenvalue weighted by Crippen LogP contribution is -2.52. The van der Waals surface area contributed by atoms with Crippen LogP contribution in [0.4, 0.5) is 0 Å². The van der Waals surface area contributed by atoms with E-state index in [-0.39, 0.29) is 5.91 Å². The summed E-state index contributed by atoms with van der Waals surface area (Å²) >= 11 is 0. The first-order valence-corrected chi connectivity index (χ1v) is 10.6. The van der Waals surface area contributed by atoms with Crippen LogP contribution in [0.5, 0.6) is 0 Å². The largest absolute Gasteiger partial charge is 0.391 e. The molecule has 5 heteroatoms. The molecule has 3 N–H and O–H groups in total. The van der Waals surface area contributed by atoms with Crippen LogP contribution in [0.15, 0.2) is 24.3 Å². The predicted octanol–water partition coefficient (Wildman–Crippen LogP) is 4.02. The molecule has 0 fully saturated rings. The van der Waals surface area contributed by atoms with Crippen molar-refractivity contribution in [1.82, 2.24) is 10.6 Å². The molecule has 2 amide bonds. The first-order valence-electron chi connectivity index (χ1n) is 10.6. The lowest BCUT2D eigenvalue weighted by Gasteiger charge is -2.20. The molecule has 0 saturated carbocycles. The maximum Gasteiger partial charge on any atom is 0.245 e. The van der Waals surface area contributed by atoms with Crippen molar-refractivity contribution in [3.05, 3.63) is 24.3 Å². The van der Waals surface area contributed by atoms with Gasteiger partial charge >= 0.3 is 0 Å². The van der Waals surface area contributed by atoms with Crippen LogP contribution < -0.4 is 10.6 Å². The molecule has 0 aromatic heterocycles. The monoisotopic (exact) mass is 380 g/mol. The minimum Gasteiger partial charge on any atom is -0.391 e. The van der Waals surface area contributed by atoms with E-state index >= 15 is 0 Å². The van der Waals surface area contributed by atoms with Crippen molar-refractivity contribution in [2.45, 2.75) is 97.1 Å². The summed E-state index contributed by atoms with van der Waals surface area (Å²) < 4.78 is 0. The molecule has 0 aliphatic heterocycles. The SMILES string of the molecule is C/C=C/C=C/C(=O)N[C@H](C(=O)NCCCCCCCCCCCC)[C@@H](C)O. The van der Waals surface area contributed by atoms with E-state index in [0.717, 1.165) is 12.8 Å². The van der Waals surface area contributed by atoms with Crippen molar-refractivity contribution in [1.29, 1.82) is 0 Å². The third-order valence-corrected chi connectivity index (χ3v) is 4.44. The molecule has 0 saturated heterocycles. The zero-order chi connectivity index (χ0) is 20.3. The van der Waals surface area contributed by atoms with Gasteiger partial charge in [0.05, 0.1) is 6.10 Å². The van der Waals surface area contributed by atoms with Gasteiger partial charge < -0.3 is 15.7 Å². The topological polar surface area (TPSA) is 78.4 Å². The average molecular weight is 381 g/mol. The summed E-state index contributed by atoms with van der Waals surface area (Å²) in [5, 5.41) is 15.1. The van der Waals surface area contributed by atoms with Crippen LogP contribution in [-0.4, -0.2) is 35.6 Å². The number of hydrogen-bond acceptors (Lipinski definition) is 3. The number of unbranched alkanes of at least 4 members (excludes halogenated alkanes) is 9. The maximum absolute atomic E-state index is 12.2. The molecule has 0 unspecified atom stereocenters. The normalized spacial score (nSPS) is 13.8. The van der Waals surface area contributed by atoms with Gasteiger partial charge in [-0.05, 0) is 20.3 Å². The van der Waals surface area contributed by atoms with Crippen molar-refractivity contribution < 1.29 is 14.7 Å². The van der Waals surface area contributed by atoms with Gasteiger partial charge in [0.25, 0.3) is 0 Å². The second-order valence-corrected chi connectivity index (χ2v) is 7.08. The third-order valence-electron chi connectivity index (χ3n) is 4.44. The van der Waals surface area contributed by atoms with Crippen LogP contribution in [0.2, 0.25) is 0 Å². The van der Waals surface area contributed by atoms with Crippen LogP contribution in [0, 0.1) is 0 Å². The summed E-state index contributed by atoms with van der Waals surface area (Å²) in [4.78, 5) is 24.0. The number of allylic oxidation sites excluding steroid dienone is 3. The first-order chi connectivity index (χ1) is 13.0. The third kappa shape index (κ3) is 15.2. The number of aliphatic hydroxyl groups excluding tert-OH is 1. The fraction of sp³-hybridized carbons (Fsp3) is 0.727. The quantitative estimate of drug-likeness (QED) is 0.215. The van der Waals surface area contributed by atoms with Gasteiger partial charge in [-0.3, -0.25) is 9.59 Å². The van der Waals surface area contributed by atoms with Gasteiger partial charge in [-0.1, -0.05) is 82.9 Å². The highest BCUT2D eigenvalue weighted by Crippen LogP contribution is 2.10. The lowest BCUT2D eigenvalue weighted by atomic mass is 10.1. The van der Waals surface area contributed by atoms with E-state index in [1.54, 1.807) is 18.2 Å². The Bertz CT molecular complexity index is 445. The van der Waals surface area contributed by atoms with Crippen LogP contribution in [0.1, 0.15) is 85.0 Å². The van der Waals surface area contributed by atoms with Crippen molar-refractivity contribution in [2.24, 2.45) is 0 Å². The Labute approximate surface area is 165 Å². The summed E-state index contributed by atoms with van der Waals surface area (Å²) in [5.41, 5.74) is 0. The average Bonchev–Trinajstić information content (AvgIpc) is 2.64. The van der Waals surface area contributed by atoms with Crippen molar-refractivity contribution in [2.75, 3.05) is 6.54 Å². The fourth-order valence-electron chi connectivity index (χ4n) is 2.79. The van der Waals surface area contributed by atoms with Gasteiger partial charge in [-0.25, -0.2) is 0 Å². The number of aliphatic hydroxyl groups is 1. The molecular weight excluding hydrogens is 340 g/mol. The Morgan fingerprint density at radius 1 is 0.926 bits per heavy atom. The molecule has 0 radical (unpaired) electrons. The van der Waals surface area contributed by atoms with Gasteiger partial charge in [0.15, 0.2) is 0 Å². The molecule has 0 bridgehead atoms. The van der Waals surface area contributed by atoms with E-state index in [1.807, 2.05) is 6.92 Å². The summed E-state index contributed by atoms with van der Waals surface area (Å²) in [6.07, 6.45) is 17.9. The van der Waals surface area contributed by atoms with Crippen LogP contribution >= 0.6 is 0 Å². The zero-order valence-electron chi connectivity index (χ0n) is 17.5. The second-order valence-electron chi connectivity index (χ2n) is 7.08. The molecule has 5 nitrogen and oxygen atoms in total. The van der Waals surface area contributed by atoms with Crippen molar-refractivity contribution in [3.63, 3.8) is 0 Å². The number of nitrogens with one attached hydrogen (secondary N) is 2. The van der Waals surface area contributed by atoms with Crippen molar-refractivity contribution in [3.8, 4) is 0 Å². The molecule has 0 aromatic rings. The summed E-state index contributed by atoms with van der Waals surface area (Å²) in [6, 6.07) is -0.934. The van der Waals surface area contributed by atoms with Crippen LogP contribution in [-0.2, 0) is 9.59 Å². The molecular formula is C22H40N2O3. The van der Waals surface area contributed by atoms with Crippen LogP contribution in [0.3, 0.4) is 0 Å². The second kappa shape index (κ2) is 17.8. The highest BCUT2D eigenvalue weighted by atomic mass is 16.3. The Balaban J connectivity index is 3.87. The summed E-state index contributed by atoms with van der Waals surface area (Å²) in [7, 11) is 0. The summed E-state index contributed by atoms with van der Waals surface area (Å²) in [5.74, 6) is -0.734. The molecule has 2 atom stereocenters. The smallest absolute Gasteiger partial charge is 0.245 e. The van der Waals surface area contributed by atoms with Gasteiger partial charge in [0.1, 0.15) is 6.04 Å². The van der Waals surface area contributed by atoms with Crippen LogP contribution in [0.25, 0.3) is 0 Å². The van der Waals surface area contributed by atoms with Gasteiger partial charge in [0, 0.05) is 12.6 Å². The molecule has 156 valence electrons.